The second-order valence-electron chi connectivity index (χ2n) is 4.78. The molecule has 2 aliphatic carbocycles. The summed E-state index contributed by atoms with van der Waals surface area (Å²) in [7, 11) is 0. The van der Waals surface area contributed by atoms with Crippen molar-refractivity contribution < 1.29 is 4.79 Å². The molecule has 2 saturated carbocycles. The molecule has 2 nitrogen and oxygen atoms in total. The molecule has 2 rings (SSSR count). The number of carbonyl (C=O) groups is 1. The van der Waals surface area contributed by atoms with E-state index in [1.54, 1.807) is 0 Å². The van der Waals surface area contributed by atoms with Crippen molar-refractivity contribution in [1.29, 1.82) is 0 Å². The number of amides is 1. The molecule has 0 bridgehead atoms. The Hall–Kier alpha value is -0.0500. The summed E-state index contributed by atoms with van der Waals surface area (Å²) in [6.45, 7) is 2.15. The lowest BCUT2D eigenvalue weighted by atomic mass is 9.95. The fraction of sp³-hybridized carbons (Fsp3) is 0.909. The van der Waals surface area contributed by atoms with Crippen LogP contribution in [0.1, 0.15) is 39.0 Å². The van der Waals surface area contributed by atoms with E-state index in [0.29, 0.717) is 28.6 Å². The lowest BCUT2D eigenvalue weighted by molar-refractivity contribution is -0.123. The lowest BCUT2D eigenvalue weighted by Crippen LogP contribution is -2.38. The number of hydrogen-bond donors (Lipinski definition) is 1. The standard InChI is InChI=1S/C11H18BrNO/c1-7-6-10(7)11(14)13-9-4-2-8(12)3-5-9/h7-10H,2-6H2,1H3,(H,13,14). The largest absolute Gasteiger partial charge is 0.353 e. The molecule has 2 fully saturated rings. The molecule has 0 spiro atoms. The Labute approximate surface area is 94.0 Å². The molecule has 0 saturated heterocycles. The third-order valence-electron chi connectivity index (χ3n) is 3.45. The summed E-state index contributed by atoms with van der Waals surface area (Å²) < 4.78 is 0. The van der Waals surface area contributed by atoms with E-state index in [2.05, 4.69) is 28.2 Å². The summed E-state index contributed by atoms with van der Waals surface area (Å²) in [5.41, 5.74) is 0. The first-order chi connectivity index (χ1) is 6.66. The molecule has 2 unspecified atom stereocenters. The van der Waals surface area contributed by atoms with Gasteiger partial charge >= 0.3 is 0 Å². The second-order valence-corrected chi connectivity index (χ2v) is 6.07. The first kappa shape index (κ1) is 10.5. The van der Waals surface area contributed by atoms with Crippen LogP contribution in [0.25, 0.3) is 0 Å². The monoisotopic (exact) mass is 259 g/mol. The van der Waals surface area contributed by atoms with E-state index in [4.69, 9.17) is 0 Å². The van der Waals surface area contributed by atoms with Crippen LogP contribution in [0.3, 0.4) is 0 Å². The van der Waals surface area contributed by atoms with Gasteiger partial charge in [-0.15, -0.1) is 0 Å². The molecule has 0 aromatic heterocycles. The van der Waals surface area contributed by atoms with Crippen LogP contribution in [0.5, 0.6) is 0 Å². The highest BCUT2D eigenvalue weighted by molar-refractivity contribution is 9.09. The number of hydrogen-bond acceptors (Lipinski definition) is 1. The molecular formula is C11H18BrNO. The predicted octanol–water partition coefficient (Wildman–Crippen LogP) is 2.46. The summed E-state index contributed by atoms with van der Waals surface area (Å²) >= 11 is 3.62. The van der Waals surface area contributed by atoms with Gasteiger partial charge in [0.2, 0.25) is 5.91 Å². The zero-order chi connectivity index (χ0) is 10.1. The lowest BCUT2D eigenvalue weighted by Gasteiger charge is -2.26. The molecule has 1 amide bonds. The Morgan fingerprint density at radius 1 is 1.29 bits per heavy atom. The van der Waals surface area contributed by atoms with E-state index >= 15 is 0 Å². The molecule has 2 aliphatic rings. The number of alkyl halides is 1. The first-order valence-corrected chi connectivity index (χ1v) is 6.53. The number of halogens is 1. The summed E-state index contributed by atoms with van der Waals surface area (Å²) in [6.07, 6.45) is 5.78. The molecule has 0 heterocycles. The summed E-state index contributed by atoms with van der Waals surface area (Å²) in [5, 5.41) is 3.17. The first-order valence-electron chi connectivity index (χ1n) is 5.61. The van der Waals surface area contributed by atoms with E-state index in [-0.39, 0.29) is 0 Å². The van der Waals surface area contributed by atoms with Gasteiger partial charge < -0.3 is 5.32 Å². The quantitative estimate of drug-likeness (QED) is 0.759. The van der Waals surface area contributed by atoms with Crippen molar-refractivity contribution in [1.82, 2.24) is 5.32 Å². The fourth-order valence-corrected chi connectivity index (χ4v) is 2.72. The Kier molecular flexibility index (Phi) is 3.15. The third kappa shape index (κ3) is 2.50. The van der Waals surface area contributed by atoms with Crippen molar-refractivity contribution in [3.63, 3.8) is 0 Å². The molecule has 0 aromatic rings. The Balaban J connectivity index is 1.72. The van der Waals surface area contributed by atoms with Gasteiger partial charge in [0, 0.05) is 16.8 Å². The molecule has 0 aliphatic heterocycles. The van der Waals surface area contributed by atoms with Crippen LogP contribution in [0.15, 0.2) is 0 Å². The number of nitrogens with one attached hydrogen (secondary N) is 1. The summed E-state index contributed by atoms with van der Waals surface area (Å²) in [5.74, 6) is 1.26. The molecule has 3 heteroatoms. The topological polar surface area (TPSA) is 29.1 Å². The molecule has 0 aromatic carbocycles. The van der Waals surface area contributed by atoms with Gasteiger partial charge in [0.05, 0.1) is 0 Å². The minimum Gasteiger partial charge on any atom is -0.353 e. The molecule has 1 N–H and O–H groups in total. The van der Waals surface area contributed by atoms with Crippen LogP contribution >= 0.6 is 15.9 Å². The molecule has 80 valence electrons. The molecular weight excluding hydrogens is 242 g/mol. The van der Waals surface area contributed by atoms with Gasteiger partial charge in [-0.05, 0) is 38.0 Å². The Morgan fingerprint density at radius 3 is 2.36 bits per heavy atom. The van der Waals surface area contributed by atoms with Crippen LogP contribution < -0.4 is 5.32 Å². The van der Waals surface area contributed by atoms with E-state index in [1.165, 1.54) is 12.8 Å². The van der Waals surface area contributed by atoms with Crippen molar-refractivity contribution in [2.24, 2.45) is 11.8 Å². The van der Waals surface area contributed by atoms with Gasteiger partial charge in [-0.2, -0.15) is 0 Å². The highest BCUT2D eigenvalue weighted by Gasteiger charge is 2.39. The van der Waals surface area contributed by atoms with Gasteiger partial charge in [0.1, 0.15) is 0 Å². The Morgan fingerprint density at radius 2 is 1.86 bits per heavy atom. The predicted molar refractivity (Wildman–Crippen MR) is 60.4 cm³/mol. The van der Waals surface area contributed by atoms with Gasteiger partial charge in [-0.25, -0.2) is 0 Å². The molecule has 2 atom stereocenters. The highest BCUT2D eigenvalue weighted by atomic mass is 79.9. The van der Waals surface area contributed by atoms with E-state index in [9.17, 15) is 4.79 Å². The minimum absolute atomic E-state index is 0.301. The van der Waals surface area contributed by atoms with Crippen LogP contribution in [-0.4, -0.2) is 16.8 Å². The van der Waals surface area contributed by atoms with E-state index < -0.39 is 0 Å². The normalized spacial score (nSPS) is 41.9. The van der Waals surface area contributed by atoms with Crippen molar-refractivity contribution in [3.8, 4) is 0 Å². The second kappa shape index (κ2) is 4.21. The van der Waals surface area contributed by atoms with Gasteiger partial charge in [0.15, 0.2) is 0 Å². The number of carbonyl (C=O) groups excluding carboxylic acids is 1. The zero-order valence-corrected chi connectivity index (χ0v) is 10.2. The van der Waals surface area contributed by atoms with Crippen molar-refractivity contribution >= 4 is 21.8 Å². The van der Waals surface area contributed by atoms with Crippen LogP contribution in [-0.2, 0) is 4.79 Å². The summed E-state index contributed by atoms with van der Waals surface area (Å²) in [6, 6.07) is 0.448. The van der Waals surface area contributed by atoms with Gasteiger partial charge in [-0.1, -0.05) is 22.9 Å². The van der Waals surface area contributed by atoms with E-state index in [0.717, 1.165) is 19.3 Å². The fourth-order valence-electron chi connectivity index (χ4n) is 2.19. The minimum atomic E-state index is 0.301. The maximum absolute atomic E-state index is 11.6. The average molecular weight is 260 g/mol. The maximum atomic E-state index is 11.6. The van der Waals surface area contributed by atoms with Gasteiger partial charge in [-0.3, -0.25) is 4.79 Å². The van der Waals surface area contributed by atoms with Gasteiger partial charge in [0.25, 0.3) is 0 Å². The van der Waals surface area contributed by atoms with Crippen LogP contribution in [0, 0.1) is 11.8 Å². The van der Waals surface area contributed by atoms with Crippen LogP contribution in [0.2, 0.25) is 0 Å². The van der Waals surface area contributed by atoms with E-state index in [1.807, 2.05) is 0 Å². The average Bonchev–Trinajstić information content (AvgIpc) is 2.87. The maximum Gasteiger partial charge on any atom is 0.223 e. The molecule has 0 radical (unpaired) electrons. The zero-order valence-electron chi connectivity index (χ0n) is 8.63. The van der Waals surface area contributed by atoms with Crippen LogP contribution in [0.4, 0.5) is 0 Å². The third-order valence-corrected chi connectivity index (χ3v) is 4.37. The summed E-state index contributed by atoms with van der Waals surface area (Å²) in [4.78, 5) is 12.3. The highest BCUT2D eigenvalue weighted by Crippen LogP contribution is 2.38. The van der Waals surface area contributed by atoms with Crippen molar-refractivity contribution in [2.45, 2.75) is 49.9 Å². The van der Waals surface area contributed by atoms with Crippen molar-refractivity contribution in [3.05, 3.63) is 0 Å². The SMILES string of the molecule is CC1CC1C(=O)NC1CCC(Br)CC1. The molecule has 14 heavy (non-hydrogen) atoms. The van der Waals surface area contributed by atoms with Crippen molar-refractivity contribution in [2.75, 3.05) is 0 Å². The Bertz CT molecular complexity index is 223. The number of rotatable bonds is 2. The smallest absolute Gasteiger partial charge is 0.223 e.